The molecule has 0 N–H and O–H groups in total. The first-order valence-corrected chi connectivity index (χ1v) is 6.18. The minimum atomic E-state index is -0.606. The summed E-state index contributed by atoms with van der Waals surface area (Å²) in [5.41, 5.74) is 1.77. The van der Waals surface area contributed by atoms with Crippen LogP contribution in [0.3, 0.4) is 0 Å². The van der Waals surface area contributed by atoms with E-state index < -0.39 is 5.97 Å². The fourth-order valence-corrected chi connectivity index (χ4v) is 1.95. The summed E-state index contributed by atoms with van der Waals surface area (Å²) >= 11 is 3.38. The molecule has 0 atom stereocenters. The van der Waals surface area contributed by atoms with Gasteiger partial charge in [-0.05, 0) is 37.6 Å². The van der Waals surface area contributed by atoms with E-state index in [1.807, 2.05) is 25.1 Å². The molecule has 5 nitrogen and oxygen atoms in total. The highest BCUT2D eigenvalue weighted by atomic mass is 79.9. The van der Waals surface area contributed by atoms with Gasteiger partial charge in [-0.3, -0.25) is 0 Å². The van der Waals surface area contributed by atoms with Gasteiger partial charge in [-0.15, -0.1) is 10.2 Å². The third kappa shape index (κ3) is 2.59. The number of nitrogens with zero attached hydrogens (tertiary/aromatic N) is 2. The zero-order valence-corrected chi connectivity index (χ0v) is 11.5. The Balaban J connectivity index is 2.32. The lowest BCUT2D eigenvalue weighted by Gasteiger charge is -2.00. The molecule has 18 heavy (non-hydrogen) atoms. The summed E-state index contributed by atoms with van der Waals surface area (Å²) < 4.78 is 11.0. The van der Waals surface area contributed by atoms with Gasteiger partial charge in [-0.2, -0.15) is 0 Å². The Morgan fingerprint density at radius 1 is 1.44 bits per heavy atom. The van der Waals surface area contributed by atoms with Gasteiger partial charge in [0.25, 0.3) is 0 Å². The predicted octanol–water partition coefficient (Wildman–Crippen LogP) is 2.98. The molecule has 0 aliphatic carbocycles. The molecule has 1 heterocycles. The summed E-state index contributed by atoms with van der Waals surface area (Å²) in [4.78, 5) is 11.4. The van der Waals surface area contributed by atoms with Crippen LogP contribution in [0, 0.1) is 6.92 Å². The number of halogens is 1. The van der Waals surface area contributed by atoms with E-state index in [4.69, 9.17) is 9.15 Å². The molecule has 1 aromatic carbocycles. The number of benzene rings is 1. The van der Waals surface area contributed by atoms with Crippen molar-refractivity contribution >= 4 is 21.9 Å². The molecular weight excluding hydrogens is 300 g/mol. The van der Waals surface area contributed by atoms with Gasteiger partial charge >= 0.3 is 11.9 Å². The van der Waals surface area contributed by atoms with Crippen LogP contribution in [0.2, 0.25) is 0 Å². The largest absolute Gasteiger partial charge is 0.459 e. The zero-order chi connectivity index (χ0) is 13.1. The number of ether oxygens (including phenoxy) is 1. The van der Waals surface area contributed by atoms with Crippen molar-refractivity contribution < 1.29 is 13.9 Å². The second-order valence-corrected chi connectivity index (χ2v) is 4.51. The van der Waals surface area contributed by atoms with Crippen LogP contribution in [-0.2, 0) is 4.74 Å². The monoisotopic (exact) mass is 310 g/mol. The Hall–Kier alpha value is -1.69. The number of carbonyl (C=O) groups excluding carboxylic acids is 1. The predicted molar refractivity (Wildman–Crippen MR) is 68.1 cm³/mol. The minimum Gasteiger partial charge on any atom is -0.459 e. The van der Waals surface area contributed by atoms with Gasteiger partial charge in [0.1, 0.15) is 0 Å². The second-order valence-electron chi connectivity index (χ2n) is 3.59. The first-order chi connectivity index (χ1) is 8.61. The van der Waals surface area contributed by atoms with Crippen molar-refractivity contribution in [2.75, 3.05) is 6.61 Å². The molecule has 2 aromatic rings. The van der Waals surface area contributed by atoms with Crippen LogP contribution in [0.25, 0.3) is 11.5 Å². The van der Waals surface area contributed by atoms with Gasteiger partial charge in [-0.1, -0.05) is 15.9 Å². The Morgan fingerprint density at radius 3 is 2.89 bits per heavy atom. The maximum absolute atomic E-state index is 11.4. The van der Waals surface area contributed by atoms with Crippen molar-refractivity contribution in [1.82, 2.24) is 10.2 Å². The zero-order valence-electron chi connectivity index (χ0n) is 9.94. The molecule has 0 aliphatic rings. The Kier molecular flexibility index (Phi) is 3.76. The van der Waals surface area contributed by atoms with Crippen molar-refractivity contribution in [3.05, 3.63) is 34.1 Å². The molecular formula is C12H11BrN2O3. The topological polar surface area (TPSA) is 65.2 Å². The average molecular weight is 311 g/mol. The Morgan fingerprint density at radius 2 is 2.22 bits per heavy atom. The van der Waals surface area contributed by atoms with Gasteiger partial charge in [0, 0.05) is 10.0 Å². The highest BCUT2D eigenvalue weighted by Crippen LogP contribution is 2.25. The number of rotatable bonds is 3. The van der Waals surface area contributed by atoms with E-state index >= 15 is 0 Å². The number of hydrogen-bond acceptors (Lipinski definition) is 5. The number of esters is 1. The van der Waals surface area contributed by atoms with E-state index in [1.165, 1.54) is 0 Å². The SMILES string of the molecule is CCOC(=O)c1nnc(-c2ccc(Br)cc2C)o1. The molecule has 0 radical (unpaired) electrons. The Labute approximate surface area is 112 Å². The van der Waals surface area contributed by atoms with Crippen molar-refractivity contribution in [3.63, 3.8) is 0 Å². The summed E-state index contributed by atoms with van der Waals surface area (Å²) in [6.07, 6.45) is 0. The summed E-state index contributed by atoms with van der Waals surface area (Å²) in [5, 5.41) is 7.52. The quantitative estimate of drug-likeness (QED) is 0.815. The number of aromatic nitrogens is 2. The molecule has 6 heteroatoms. The standard InChI is InChI=1S/C12H11BrN2O3/c1-3-17-12(16)11-15-14-10(18-11)9-5-4-8(13)6-7(9)2/h4-6H,3H2,1-2H3. The smallest absolute Gasteiger partial charge is 0.396 e. The fraction of sp³-hybridized carbons (Fsp3) is 0.250. The van der Waals surface area contributed by atoms with E-state index in [2.05, 4.69) is 26.1 Å². The van der Waals surface area contributed by atoms with Gasteiger partial charge in [0.2, 0.25) is 5.89 Å². The lowest BCUT2D eigenvalue weighted by Crippen LogP contribution is -2.04. The molecule has 0 aliphatic heterocycles. The first kappa shape index (κ1) is 12.8. The minimum absolute atomic E-state index is 0.130. The van der Waals surface area contributed by atoms with Crippen molar-refractivity contribution in [2.45, 2.75) is 13.8 Å². The molecule has 0 bridgehead atoms. The maximum atomic E-state index is 11.4. The molecule has 2 rings (SSSR count). The number of hydrogen-bond donors (Lipinski definition) is 0. The summed E-state index contributed by atoms with van der Waals surface area (Å²) in [7, 11) is 0. The highest BCUT2D eigenvalue weighted by molar-refractivity contribution is 9.10. The van der Waals surface area contributed by atoms with Crippen molar-refractivity contribution in [2.24, 2.45) is 0 Å². The molecule has 0 amide bonds. The average Bonchev–Trinajstić information content (AvgIpc) is 2.78. The van der Waals surface area contributed by atoms with Crippen LogP contribution in [0.1, 0.15) is 23.2 Å². The summed E-state index contributed by atoms with van der Waals surface area (Å²) in [6, 6.07) is 5.65. The molecule has 0 unspecified atom stereocenters. The van der Waals surface area contributed by atoms with Gasteiger partial charge in [-0.25, -0.2) is 4.79 Å². The molecule has 0 fully saturated rings. The molecule has 0 saturated heterocycles. The van der Waals surface area contributed by atoms with Gasteiger partial charge in [0.15, 0.2) is 0 Å². The number of aryl methyl sites for hydroxylation is 1. The van der Waals surface area contributed by atoms with Crippen molar-refractivity contribution in [3.8, 4) is 11.5 Å². The third-order valence-corrected chi connectivity index (χ3v) is 2.79. The van der Waals surface area contributed by atoms with Crippen LogP contribution in [0.15, 0.2) is 27.1 Å². The van der Waals surface area contributed by atoms with E-state index in [0.29, 0.717) is 5.89 Å². The molecule has 0 saturated carbocycles. The lowest BCUT2D eigenvalue weighted by atomic mass is 10.1. The van der Waals surface area contributed by atoms with Crippen LogP contribution in [0.5, 0.6) is 0 Å². The molecule has 94 valence electrons. The third-order valence-electron chi connectivity index (χ3n) is 2.29. The second kappa shape index (κ2) is 5.30. The first-order valence-electron chi connectivity index (χ1n) is 5.39. The fourth-order valence-electron chi connectivity index (χ4n) is 1.47. The number of carbonyl (C=O) groups is 1. The summed E-state index contributed by atoms with van der Waals surface area (Å²) in [6.45, 7) is 3.91. The van der Waals surface area contributed by atoms with E-state index in [-0.39, 0.29) is 12.5 Å². The lowest BCUT2D eigenvalue weighted by molar-refractivity contribution is 0.0481. The van der Waals surface area contributed by atoms with Crippen LogP contribution >= 0.6 is 15.9 Å². The normalized spacial score (nSPS) is 10.4. The van der Waals surface area contributed by atoms with E-state index in [9.17, 15) is 4.79 Å². The molecule has 0 spiro atoms. The Bertz CT molecular complexity index is 580. The van der Waals surface area contributed by atoms with E-state index in [1.54, 1.807) is 6.92 Å². The highest BCUT2D eigenvalue weighted by Gasteiger charge is 2.17. The molecule has 1 aromatic heterocycles. The van der Waals surface area contributed by atoms with Crippen LogP contribution in [0.4, 0.5) is 0 Å². The van der Waals surface area contributed by atoms with Crippen molar-refractivity contribution in [1.29, 1.82) is 0 Å². The van der Waals surface area contributed by atoms with Gasteiger partial charge in [0.05, 0.1) is 6.61 Å². The van der Waals surface area contributed by atoms with E-state index in [0.717, 1.165) is 15.6 Å². The van der Waals surface area contributed by atoms with Crippen LogP contribution in [-0.4, -0.2) is 22.8 Å². The van der Waals surface area contributed by atoms with Gasteiger partial charge < -0.3 is 9.15 Å². The van der Waals surface area contributed by atoms with Crippen LogP contribution < -0.4 is 0 Å². The maximum Gasteiger partial charge on any atom is 0.396 e. The summed E-state index contributed by atoms with van der Waals surface area (Å²) in [5.74, 6) is -0.428.